The lowest BCUT2D eigenvalue weighted by molar-refractivity contribution is -0.138. The second-order valence-corrected chi connectivity index (χ2v) is 4.02. The maximum Gasteiger partial charge on any atom is 0.248 e. The number of rotatable bonds is 5. The van der Waals surface area contributed by atoms with E-state index < -0.39 is 0 Å². The number of ether oxygens (including phenoxy) is 1. The molecule has 88 valence electrons. The molecule has 4 nitrogen and oxygen atoms in total. The molecule has 1 aliphatic heterocycles. The van der Waals surface area contributed by atoms with Gasteiger partial charge in [0.15, 0.2) is 0 Å². The van der Waals surface area contributed by atoms with Crippen LogP contribution in [0.4, 0.5) is 0 Å². The van der Waals surface area contributed by atoms with Crippen molar-refractivity contribution in [2.24, 2.45) is 0 Å². The summed E-state index contributed by atoms with van der Waals surface area (Å²) in [6.45, 7) is 4.28. The van der Waals surface area contributed by atoms with Crippen LogP contribution < -0.4 is 0 Å². The number of carbonyl (C=O) groups is 1. The van der Waals surface area contributed by atoms with Crippen molar-refractivity contribution in [1.82, 2.24) is 4.90 Å². The second kappa shape index (κ2) is 6.80. The van der Waals surface area contributed by atoms with E-state index in [1.165, 1.54) is 0 Å². The van der Waals surface area contributed by atoms with Crippen LogP contribution in [0.3, 0.4) is 0 Å². The van der Waals surface area contributed by atoms with E-state index in [-0.39, 0.29) is 18.6 Å². The van der Waals surface area contributed by atoms with Gasteiger partial charge in [-0.1, -0.05) is 13.3 Å². The Morgan fingerprint density at radius 1 is 1.47 bits per heavy atom. The summed E-state index contributed by atoms with van der Waals surface area (Å²) >= 11 is 0. The highest BCUT2D eigenvalue weighted by Crippen LogP contribution is 2.09. The fourth-order valence-corrected chi connectivity index (χ4v) is 1.61. The molecule has 1 N–H and O–H groups in total. The van der Waals surface area contributed by atoms with E-state index in [0.717, 1.165) is 12.8 Å². The van der Waals surface area contributed by atoms with Gasteiger partial charge in [0, 0.05) is 19.7 Å². The average Bonchev–Trinajstić information content (AvgIpc) is 2.25. The van der Waals surface area contributed by atoms with Crippen LogP contribution in [0.1, 0.15) is 32.6 Å². The Morgan fingerprint density at radius 3 is 2.73 bits per heavy atom. The summed E-state index contributed by atoms with van der Waals surface area (Å²) in [5, 5.41) is 9.29. The zero-order chi connectivity index (χ0) is 11.1. The van der Waals surface area contributed by atoms with Crippen LogP contribution in [0.25, 0.3) is 0 Å². The molecule has 15 heavy (non-hydrogen) atoms. The van der Waals surface area contributed by atoms with Crippen molar-refractivity contribution >= 4 is 5.91 Å². The Hall–Kier alpha value is -0.610. The monoisotopic (exact) mass is 215 g/mol. The van der Waals surface area contributed by atoms with Crippen molar-refractivity contribution in [3.8, 4) is 0 Å². The number of aliphatic hydroxyl groups excluding tert-OH is 1. The molecule has 0 radical (unpaired) electrons. The zero-order valence-electron chi connectivity index (χ0n) is 9.45. The summed E-state index contributed by atoms with van der Waals surface area (Å²) in [5.74, 6) is 0.0537. The molecule has 1 rings (SSSR count). The van der Waals surface area contributed by atoms with Gasteiger partial charge < -0.3 is 14.7 Å². The van der Waals surface area contributed by atoms with Gasteiger partial charge in [-0.15, -0.1) is 0 Å². The van der Waals surface area contributed by atoms with E-state index >= 15 is 0 Å². The number of carbonyl (C=O) groups excluding carboxylic acids is 1. The molecule has 1 aliphatic rings. The smallest absolute Gasteiger partial charge is 0.248 e. The van der Waals surface area contributed by atoms with Gasteiger partial charge in [0.2, 0.25) is 5.91 Å². The molecule has 0 bridgehead atoms. The predicted octanol–water partition coefficient (Wildman–Crippen LogP) is 0.786. The molecule has 1 heterocycles. The first-order valence-electron chi connectivity index (χ1n) is 5.77. The van der Waals surface area contributed by atoms with Gasteiger partial charge in [-0.3, -0.25) is 4.79 Å². The van der Waals surface area contributed by atoms with Crippen molar-refractivity contribution in [3.05, 3.63) is 0 Å². The number of likely N-dealkylation sites (tertiary alicyclic amines) is 1. The van der Waals surface area contributed by atoms with Gasteiger partial charge in [-0.05, 0) is 19.3 Å². The number of amides is 1. The van der Waals surface area contributed by atoms with E-state index in [1.807, 2.05) is 0 Å². The zero-order valence-corrected chi connectivity index (χ0v) is 9.45. The van der Waals surface area contributed by atoms with Crippen molar-refractivity contribution in [1.29, 1.82) is 0 Å². The third kappa shape index (κ3) is 4.62. The van der Waals surface area contributed by atoms with Gasteiger partial charge in [0.25, 0.3) is 0 Å². The quantitative estimate of drug-likeness (QED) is 0.690. The highest BCUT2D eigenvalue weighted by Gasteiger charge is 2.20. The van der Waals surface area contributed by atoms with Crippen LogP contribution in [-0.4, -0.2) is 48.3 Å². The SMILES string of the molecule is CCCCOCC(=O)N1CCC(O)CC1. The minimum Gasteiger partial charge on any atom is -0.393 e. The molecule has 0 atom stereocenters. The molecular formula is C11H21NO3. The Labute approximate surface area is 91.2 Å². The number of hydrogen-bond donors (Lipinski definition) is 1. The summed E-state index contributed by atoms with van der Waals surface area (Å²) in [4.78, 5) is 13.4. The maximum atomic E-state index is 11.6. The lowest BCUT2D eigenvalue weighted by atomic mass is 10.1. The van der Waals surface area contributed by atoms with E-state index in [9.17, 15) is 9.90 Å². The highest BCUT2D eigenvalue weighted by atomic mass is 16.5. The Balaban J connectivity index is 2.11. The van der Waals surface area contributed by atoms with Gasteiger partial charge in [-0.2, -0.15) is 0 Å². The summed E-state index contributed by atoms with van der Waals surface area (Å²) in [6.07, 6.45) is 3.26. The number of hydrogen-bond acceptors (Lipinski definition) is 3. The molecule has 0 aliphatic carbocycles. The highest BCUT2D eigenvalue weighted by molar-refractivity contribution is 5.77. The average molecular weight is 215 g/mol. The predicted molar refractivity (Wildman–Crippen MR) is 57.5 cm³/mol. The van der Waals surface area contributed by atoms with Gasteiger partial charge in [-0.25, -0.2) is 0 Å². The number of piperidine rings is 1. The minimum absolute atomic E-state index is 0.0537. The normalized spacial score (nSPS) is 18.1. The molecule has 1 fully saturated rings. The van der Waals surface area contributed by atoms with Crippen LogP contribution in [0, 0.1) is 0 Å². The molecule has 0 aromatic carbocycles. The van der Waals surface area contributed by atoms with Crippen molar-refractivity contribution in [2.75, 3.05) is 26.3 Å². The maximum absolute atomic E-state index is 11.6. The van der Waals surface area contributed by atoms with E-state index in [0.29, 0.717) is 32.5 Å². The van der Waals surface area contributed by atoms with Crippen LogP contribution in [-0.2, 0) is 9.53 Å². The molecule has 1 saturated heterocycles. The van der Waals surface area contributed by atoms with E-state index in [1.54, 1.807) is 4.90 Å². The fraction of sp³-hybridized carbons (Fsp3) is 0.909. The van der Waals surface area contributed by atoms with Crippen molar-refractivity contribution in [2.45, 2.75) is 38.7 Å². The fourth-order valence-electron chi connectivity index (χ4n) is 1.61. The van der Waals surface area contributed by atoms with Crippen LogP contribution in [0.5, 0.6) is 0 Å². The summed E-state index contributed by atoms with van der Waals surface area (Å²) in [6, 6.07) is 0. The molecule has 0 aromatic heterocycles. The molecule has 0 spiro atoms. The third-order valence-corrected chi connectivity index (χ3v) is 2.68. The van der Waals surface area contributed by atoms with Gasteiger partial charge in [0.1, 0.15) is 6.61 Å². The number of nitrogens with zero attached hydrogens (tertiary/aromatic N) is 1. The van der Waals surface area contributed by atoms with Crippen LogP contribution in [0.15, 0.2) is 0 Å². The number of aliphatic hydroxyl groups is 1. The topological polar surface area (TPSA) is 49.8 Å². The molecule has 0 aromatic rings. The summed E-state index contributed by atoms with van der Waals surface area (Å²) in [5.41, 5.74) is 0. The lowest BCUT2D eigenvalue weighted by Crippen LogP contribution is -2.41. The first-order valence-corrected chi connectivity index (χ1v) is 5.77. The standard InChI is InChI=1S/C11H21NO3/c1-2-3-8-15-9-11(14)12-6-4-10(13)5-7-12/h10,13H,2-9H2,1H3. The Kier molecular flexibility index (Phi) is 5.65. The molecule has 4 heteroatoms. The third-order valence-electron chi connectivity index (χ3n) is 2.68. The Morgan fingerprint density at radius 2 is 2.13 bits per heavy atom. The van der Waals surface area contributed by atoms with Gasteiger partial charge in [0.05, 0.1) is 6.10 Å². The minimum atomic E-state index is -0.227. The van der Waals surface area contributed by atoms with Crippen LogP contribution in [0.2, 0.25) is 0 Å². The first-order chi connectivity index (χ1) is 7.24. The van der Waals surface area contributed by atoms with Gasteiger partial charge >= 0.3 is 0 Å². The summed E-state index contributed by atoms with van der Waals surface area (Å²) in [7, 11) is 0. The molecular weight excluding hydrogens is 194 g/mol. The molecule has 1 amide bonds. The molecule has 0 saturated carbocycles. The van der Waals surface area contributed by atoms with Crippen LogP contribution >= 0.6 is 0 Å². The van der Waals surface area contributed by atoms with Crippen molar-refractivity contribution < 1.29 is 14.6 Å². The Bertz CT molecular complexity index is 188. The van der Waals surface area contributed by atoms with E-state index in [4.69, 9.17) is 4.74 Å². The number of unbranched alkanes of at least 4 members (excludes halogenated alkanes) is 1. The molecule has 0 unspecified atom stereocenters. The lowest BCUT2D eigenvalue weighted by Gasteiger charge is -2.29. The summed E-state index contributed by atoms with van der Waals surface area (Å²) < 4.78 is 5.26. The van der Waals surface area contributed by atoms with Crippen molar-refractivity contribution in [3.63, 3.8) is 0 Å². The first kappa shape index (κ1) is 12.5. The largest absolute Gasteiger partial charge is 0.393 e. The van der Waals surface area contributed by atoms with E-state index in [2.05, 4.69) is 6.92 Å². The second-order valence-electron chi connectivity index (χ2n) is 4.02.